The molecule has 0 bridgehead atoms. The molecule has 0 unspecified atom stereocenters. The Labute approximate surface area is 588 Å². The smallest absolute Gasteiger partial charge is 0.423 e. The fourth-order valence-corrected chi connectivity index (χ4v) is 15.4. The molecule has 0 saturated carbocycles. The van der Waals surface area contributed by atoms with Crippen LogP contribution in [0.2, 0.25) is 5.02 Å². The summed E-state index contributed by atoms with van der Waals surface area (Å²) in [5, 5.41) is 44.2. The summed E-state index contributed by atoms with van der Waals surface area (Å²) in [6.07, 6.45) is 6.78. The third kappa shape index (κ3) is 11.0. The monoisotopic (exact) mass is 1310 g/mol. The van der Waals surface area contributed by atoms with Crippen molar-refractivity contribution in [3.63, 3.8) is 0 Å². The first-order valence-corrected chi connectivity index (χ1v) is 33.9. The first-order chi connectivity index (χ1) is 49.4. The zero-order valence-electron chi connectivity index (χ0n) is 54.0. The van der Waals surface area contributed by atoms with Crippen molar-refractivity contribution in [3.8, 4) is 55.9 Å². The van der Waals surface area contributed by atoms with Gasteiger partial charge in [0, 0.05) is 57.5 Å². The van der Waals surface area contributed by atoms with Crippen molar-refractivity contribution in [1.82, 2.24) is 19.9 Å². The van der Waals surface area contributed by atoms with Crippen LogP contribution < -0.4 is 5.46 Å². The fourth-order valence-electron chi connectivity index (χ4n) is 15.2. The van der Waals surface area contributed by atoms with Crippen LogP contribution in [0.15, 0.2) is 340 Å². The summed E-state index contributed by atoms with van der Waals surface area (Å²) in [5.41, 5.74) is 13.5. The lowest BCUT2D eigenvalue weighted by molar-refractivity contribution is 0.425. The van der Waals surface area contributed by atoms with Gasteiger partial charge in [0.15, 0.2) is 0 Å². The Bertz CT molecular complexity index is 6670. The SMILES string of the molecule is C.Clc1cc(-c2cc3ccccc3c3ccccc23)nc2c1cc(-c1cc3ccccc3c3ccccc13)c1ccccc12.OB(O)c1ccncc1.c1ccc2c(c1)cc(-c1cc(-c3ccncc3)c3cc(-c4cc5ccccc5c5ccccc45)c4ccccc4c3n1)c1ccccc12. The van der Waals surface area contributed by atoms with Crippen molar-refractivity contribution in [2.75, 3.05) is 0 Å². The van der Waals surface area contributed by atoms with Gasteiger partial charge in [-0.05, 0) is 209 Å². The number of aromatic nitrogens is 4. The van der Waals surface area contributed by atoms with Crippen LogP contribution in [-0.2, 0) is 0 Å². The number of pyridine rings is 4. The molecule has 2 N–H and O–H groups in total. The highest BCUT2D eigenvalue weighted by molar-refractivity contribution is 6.58. The van der Waals surface area contributed by atoms with Crippen molar-refractivity contribution in [1.29, 1.82) is 0 Å². The number of fused-ring (bicyclic) bond motifs is 18. The third-order valence-corrected chi connectivity index (χ3v) is 20.1. The van der Waals surface area contributed by atoms with Crippen molar-refractivity contribution in [3.05, 3.63) is 345 Å². The van der Waals surface area contributed by atoms with Crippen molar-refractivity contribution in [2.24, 2.45) is 0 Å². The Morgan fingerprint density at radius 1 is 0.238 bits per heavy atom. The van der Waals surface area contributed by atoms with Gasteiger partial charge in [-0.2, -0.15) is 0 Å². The van der Waals surface area contributed by atoms with Crippen LogP contribution in [0.1, 0.15) is 7.43 Å². The number of halogens is 1. The van der Waals surface area contributed by atoms with Crippen molar-refractivity contribution in [2.45, 2.75) is 7.43 Å². The molecular weight excluding hydrogens is 1250 g/mol. The maximum atomic E-state index is 8.55. The van der Waals surface area contributed by atoms with Crippen LogP contribution in [0.4, 0.5) is 0 Å². The van der Waals surface area contributed by atoms with Gasteiger partial charge < -0.3 is 10.0 Å². The Morgan fingerprint density at radius 3 is 0.891 bits per heavy atom. The maximum Gasteiger partial charge on any atom is 0.488 e. The standard InChI is InChI=1S/C46H28N2.C41H24ClN.C5H6BNO2.CH4/c1-3-13-32-30(11-1)25-41(36-17-7-5-15-34(32)36)42-27-44-40(29-21-23-47-24-22-29)28-45(48-46(44)39-20-10-9-19-38(39)42)43-26-31-12-2-4-14-33(31)35-16-6-8-18-37(35)43;42-39-24-40(37-22-26-12-2-4-14-28(26)30-16-6-8-18-32(30)37)43-41-34-20-10-9-19-33(34)36(23-38(39)41)35-21-25-11-1-3-13-27(25)29-15-5-7-17-31(29)35;8-6(9)5-1-3-7-4-2-5;/h1-28H;1-24H;1-4,8-9H;1H4. The topological polar surface area (TPSA) is 92.0 Å². The van der Waals surface area contributed by atoms with E-state index in [-0.39, 0.29) is 7.43 Å². The van der Waals surface area contributed by atoms with Gasteiger partial charge in [0.25, 0.3) is 0 Å². The van der Waals surface area contributed by atoms with E-state index in [0.29, 0.717) is 10.5 Å². The Morgan fingerprint density at radius 2 is 0.515 bits per heavy atom. The minimum Gasteiger partial charge on any atom is -0.423 e. The lowest BCUT2D eigenvalue weighted by Crippen LogP contribution is -2.29. The molecule has 8 heteroatoms. The second-order valence-corrected chi connectivity index (χ2v) is 25.8. The molecule has 16 aromatic carbocycles. The molecule has 0 fully saturated rings. The van der Waals surface area contributed by atoms with Crippen LogP contribution in [0.25, 0.3) is 185 Å². The van der Waals surface area contributed by atoms with E-state index in [0.717, 1.165) is 71.8 Å². The molecule has 0 atom stereocenters. The number of rotatable bonds is 6. The molecule has 476 valence electrons. The zero-order chi connectivity index (χ0) is 66.8. The molecule has 4 aromatic heterocycles. The van der Waals surface area contributed by atoms with Gasteiger partial charge in [0.05, 0.1) is 27.4 Å². The van der Waals surface area contributed by atoms with Gasteiger partial charge in [-0.1, -0.05) is 262 Å². The maximum absolute atomic E-state index is 8.55. The average molecular weight is 1310 g/mol. The Kier molecular flexibility index (Phi) is 16.0. The van der Waals surface area contributed by atoms with Gasteiger partial charge in [-0.3, -0.25) is 9.97 Å². The van der Waals surface area contributed by atoms with Gasteiger partial charge in [0.2, 0.25) is 0 Å². The van der Waals surface area contributed by atoms with E-state index < -0.39 is 7.12 Å². The molecule has 0 radical (unpaired) electrons. The van der Waals surface area contributed by atoms with E-state index in [1.165, 1.54) is 126 Å². The van der Waals surface area contributed by atoms with E-state index in [9.17, 15) is 0 Å². The largest absolute Gasteiger partial charge is 0.488 e. The van der Waals surface area contributed by atoms with Crippen LogP contribution >= 0.6 is 11.6 Å². The molecule has 4 heterocycles. The Balaban J connectivity index is 0.000000133. The molecule has 101 heavy (non-hydrogen) atoms. The predicted octanol–water partition coefficient (Wildman–Crippen LogP) is 23.8. The molecule has 0 saturated heterocycles. The van der Waals surface area contributed by atoms with Crippen LogP contribution in [-0.4, -0.2) is 37.1 Å². The highest BCUT2D eigenvalue weighted by Crippen LogP contribution is 2.47. The summed E-state index contributed by atoms with van der Waals surface area (Å²) in [7, 11) is -1.38. The summed E-state index contributed by atoms with van der Waals surface area (Å²) in [4.78, 5) is 19.0. The first kappa shape index (κ1) is 62.1. The van der Waals surface area contributed by atoms with Gasteiger partial charge in [0.1, 0.15) is 0 Å². The molecular formula is C93H62BClN4O2. The molecule has 0 spiro atoms. The quantitative estimate of drug-likeness (QED) is 0.127. The highest BCUT2D eigenvalue weighted by atomic mass is 35.5. The van der Waals surface area contributed by atoms with E-state index in [4.69, 9.17) is 31.6 Å². The molecule has 6 nitrogen and oxygen atoms in total. The van der Waals surface area contributed by atoms with Crippen LogP contribution in [0, 0.1) is 0 Å². The molecule has 0 aliphatic heterocycles. The second kappa shape index (κ2) is 26.1. The van der Waals surface area contributed by atoms with Crippen molar-refractivity contribution >= 4 is 154 Å². The summed E-state index contributed by atoms with van der Waals surface area (Å²) in [6, 6.07) is 112. The fraction of sp³-hybridized carbons (Fsp3) is 0.0108. The summed E-state index contributed by atoms with van der Waals surface area (Å²) in [5.74, 6) is 0. The second-order valence-electron chi connectivity index (χ2n) is 25.4. The zero-order valence-corrected chi connectivity index (χ0v) is 54.7. The van der Waals surface area contributed by atoms with Gasteiger partial charge >= 0.3 is 7.12 Å². The number of benzene rings is 16. The summed E-state index contributed by atoms with van der Waals surface area (Å²) < 4.78 is 0. The lowest BCUT2D eigenvalue weighted by atomic mass is 9.81. The highest BCUT2D eigenvalue weighted by Gasteiger charge is 2.22. The minimum absolute atomic E-state index is 0. The van der Waals surface area contributed by atoms with Crippen LogP contribution in [0.5, 0.6) is 0 Å². The molecule has 20 rings (SSSR count). The van der Waals surface area contributed by atoms with Crippen LogP contribution in [0.3, 0.4) is 0 Å². The minimum atomic E-state index is -1.38. The average Bonchev–Trinajstić information content (AvgIpc) is 0.734. The summed E-state index contributed by atoms with van der Waals surface area (Å²) in [6.45, 7) is 0. The first-order valence-electron chi connectivity index (χ1n) is 33.6. The van der Waals surface area contributed by atoms with E-state index in [1.807, 2.05) is 18.5 Å². The third-order valence-electron chi connectivity index (χ3n) is 19.8. The predicted molar refractivity (Wildman–Crippen MR) is 429 cm³/mol. The Hall–Kier alpha value is -12.5. The number of nitrogens with zero attached hydrogens (tertiary/aromatic N) is 4. The number of hydrogen-bond donors (Lipinski definition) is 2. The molecule has 0 aliphatic carbocycles. The number of hydrogen-bond acceptors (Lipinski definition) is 6. The van der Waals surface area contributed by atoms with Gasteiger partial charge in [-0.25, -0.2) is 9.97 Å². The van der Waals surface area contributed by atoms with E-state index >= 15 is 0 Å². The lowest BCUT2D eigenvalue weighted by Gasteiger charge is -2.18. The van der Waals surface area contributed by atoms with Gasteiger partial charge in [-0.15, -0.1) is 0 Å². The molecule has 20 aromatic rings. The van der Waals surface area contributed by atoms with Crippen molar-refractivity contribution < 1.29 is 10.0 Å². The van der Waals surface area contributed by atoms with E-state index in [2.05, 4.69) is 307 Å². The van der Waals surface area contributed by atoms with E-state index in [1.54, 1.807) is 12.1 Å². The summed E-state index contributed by atoms with van der Waals surface area (Å²) >= 11 is 7.21. The molecule has 0 aliphatic rings. The molecule has 0 amide bonds. The normalized spacial score (nSPS) is 11.4.